The number of aliphatic hydroxyl groups excluding tert-OH is 1. The first kappa shape index (κ1) is 25.7. The van der Waals surface area contributed by atoms with Crippen molar-refractivity contribution >= 4 is 17.4 Å². The van der Waals surface area contributed by atoms with Crippen molar-refractivity contribution in [2.75, 3.05) is 25.1 Å². The van der Waals surface area contributed by atoms with Crippen LogP contribution in [0, 0.1) is 6.57 Å². The lowest BCUT2D eigenvalue weighted by Gasteiger charge is -2.18. The summed E-state index contributed by atoms with van der Waals surface area (Å²) < 4.78 is 7.57. The van der Waals surface area contributed by atoms with E-state index in [1.807, 2.05) is 41.9 Å². The second kappa shape index (κ2) is 10.5. The molecule has 10 nitrogen and oxygen atoms in total. The van der Waals surface area contributed by atoms with Crippen LogP contribution in [0.15, 0.2) is 54.9 Å². The third kappa shape index (κ3) is 4.93. The molecule has 0 unspecified atom stereocenters. The van der Waals surface area contributed by atoms with E-state index in [4.69, 9.17) is 16.3 Å². The number of benzene rings is 2. The van der Waals surface area contributed by atoms with E-state index in [0.717, 1.165) is 40.8 Å². The Bertz CT molecular complexity index is 1640. The molecule has 2 N–H and O–H groups in total. The summed E-state index contributed by atoms with van der Waals surface area (Å²) in [6.07, 6.45) is 3.12. The number of carbonyl (C=O) groups is 1. The van der Waals surface area contributed by atoms with E-state index in [2.05, 4.69) is 26.4 Å². The zero-order valence-electron chi connectivity index (χ0n) is 22.3. The highest BCUT2D eigenvalue weighted by molar-refractivity contribution is 6.10. The second-order valence-corrected chi connectivity index (χ2v) is 10.3. The highest BCUT2D eigenvalue weighted by Gasteiger charge is 2.32. The number of aromatic nitrogens is 4. The molecule has 0 radical (unpaired) electrons. The van der Waals surface area contributed by atoms with Crippen molar-refractivity contribution in [3.8, 4) is 28.3 Å². The summed E-state index contributed by atoms with van der Waals surface area (Å²) in [5.41, 5.74) is 5.54. The molecule has 0 saturated heterocycles. The minimum atomic E-state index is -0.645. The standard InChI is InChI=1S/C30H29N7O3/c1-31-14-22(38)16-40-23-8-6-19-15-37(30(39)25(19)13-23)28-11-20(10-27(34-28)18-4-5-18)24-9-7-21(32-2)12-26(24)29-35-33-17-36(29)3/h6-13,17-18,22,31,38H,4-5,14-16H2,1,3H3/t22-/m0/s1. The van der Waals surface area contributed by atoms with Crippen LogP contribution in [-0.2, 0) is 13.6 Å². The monoisotopic (exact) mass is 535 g/mol. The van der Waals surface area contributed by atoms with Crippen LogP contribution in [0.3, 0.4) is 0 Å². The lowest BCUT2D eigenvalue weighted by atomic mass is 9.97. The topological polar surface area (TPSA) is 110 Å². The maximum atomic E-state index is 13.6. The quantitative estimate of drug-likeness (QED) is 0.311. The number of anilines is 1. The zero-order valence-corrected chi connectivity index (χ0v) is 22.3. The molecule has 4 aromatic rings. The van der Waals surface area contributed by atoms with Gasteiger partial charge in [-0.25, -0.2) is 9.83 Å². The van der Waals surface area contributed by atoms with E-state index in [1.54, 1.807) is 30.4 Å². The van der Waals surface area contributed by atoms with Gasteiger partial charge in [0.15, 0.2) is 11.5 Å². The van der Waals surface area contributed by atoms with Gasteiger partial charge in [0, 0.05) is 36.3 Å². The number of amides is 1. The summed E-state index contributed by atoms with van der Waals surface area (Å²) in [7, 11) is 3.64. The fourth-order valence-corrected chi connectivity index (χ4v) is 5.03. The molecule has 3 heterocycles. The number of fused-ring (bicyclic) bond motifs is 1. The van der Waals surface area contributed by atoms with Gasteiger partial charge >= 0.3 is 0 Å². The van der Waals surface area contributed by atoms with Crippen molar-refractivity contribution in [3.63, 3.8) is 0 Å². The third-order valence-corrected chi connectivity index (χ3v) is 7.27. The van der Waals surface area contributed by atoms with Crippen LogP contribution < -0.4 is 15.0 Å². The van der Waals surface area contributed by atoms with Gasteiger partial charge in [0.1, 0.15) is 30.6 Å². The molecular weight excluding hydrogens is 506 g/mol. The van der Waals surface area contributed by atoms with Crippen LogP contribution in [0.4, 0.5) is 11.5 Å². The molecular formula is C30H29N7O3. The molecule has 202 valence electrons. The predicted octanol–water partition coefficient (Wildman–Crippen LogP) is 4.09. The molecule has 1 aliphatic heterocycles. The molecule has 1 aliphatic carbocycles. The largest absolute Gasteiger partial charge is 0.491 e. The van der Waals surface area contributed by atoms with Gasteiger partial charge in [-0.3, -0.25) is 9.69 Å². The second-order valence-electron chi connectivity index (χ2n) is 10.3. The number of nitrogens with zero attached hydrogens (tertiary/aromatic N) is 6. The number of ether oxygens (including phenoxy) is 1. The Kier molecular flexibility index (Phi) is 6.76. The van der Waals surface area contributed by atoms with Gasteiger partial charge in [0.25, 0.3) is 5.91 Å². The number of carbonyl (C=O) groups excluding carboxylic acids is 1. The first-order valence-corrected chi connectivity index (χ1v) is 13.2. The lowest BCUT2D eigenvalue weighted by molar-refractivity contribution is 0.0994. The van der Waals surface area contributed by atoms with Crippen molar-refractivity contribution in [2.24, 2.45) is 7.05 Å². The van der Waals surface area contributed by atoms with E-state index in [0.29, 0.717) is 47.7 Å². The van der Waals surface area contributed by atoms with Gasteiger partial charge in [-0.05, 0) is 66.9 Å². The maximum absolute atomic E-state index is 13.6. The first-order chi connectivity index (χ1) is 19.4. The van der Waals surface area contributed by atoms with Gasteiger partial charge in [-0.15, -0.1) is 10.2 Å². The summed E-state index contributed by atoms with van der Waals surface area (Å²) in [5.74, 6) is 2.01. The van der Waals surface area contributed by atoms with Crippen LogP contribution in [0.1, 0.15) is 40.4 Å². The van der Waals surface area contributed by atoms with Gasteiger partial charge in [0.2, 0.25) is 0 Å². The Morgan fingerprint density at radius 3 is 2.73 bits per heavy atom. The van der Waals surface area contributed by atoms with Gasteiger partial charge < -0.3 is 19.7 Å². The van der Waals surface area contributed by atoms with E-state index >= 15 is 0 Å². The zero-order chi connectivity index (χ0) is 27.8. The van der Waals surface area contributed by atoms with Gasteiger partial charge in [0.05, 0.1) is 13.1 Å². The summed E-state index contributed by atoms with van der Waals surface area (Å²) in [5, 5.41) is 21.2. The SMILES string of the molecule is [C-]#[N+]c1ccc(-c2cc(C3CC3)nc(N3Cc4ccc(OC[C@@H](O)CNC)cc4C3=O)c2)c(-c2nncn2C)c1. The predicted molar refractivity (Wildman–Crippen MR) is 150 cm³/mol. The van der Waals surface area contributed by atoms with Gasteiger partial charge in [-0.2, -0.15) is 0 Å². The molecule has 6 rings (SSSR count). The highest BCUT2D eigenvalue weighted by Crippen LogP contribution is 2.43. The number of hydrogen-bond acceptors (Lipinski definition) is 7. The Labute approximate surface area is 232 Å². The molecule has 1 amide bonds. The van der Waals surface area contributed by atoms with Crippen LogP contribution >= 0.6 is 0 Å². The molecule has 2 aliphatic rings. The van der Waals surface area contributed by atoms with Crippen molar-refractivity contribution in [2.45, 2.75) is 31.4 Å². The summed E-state index contributed by atoms with van der Waals surface area (Å²) in [6.45, 7) is 8.47. The van der Waals surface area contributed by atoms with E-state index in [-0.39, 0.29) is 12.5 Å². The molecule has 10 heteroatoms. The van der Waals surface area contributed by atoms with Crippen LogP contribution in [-0.4, -0.2) is 57.1 Å². The summed E-state index contributed by atoms with van der Waals surface area (Å²) in [4.78, 5) is 23.9. The normalized spacial score (nSPS) is 15.2. The molecule has 0 spiro atoms. The molecule has 1 fully saturated rings. The molecule has 0 bridgehead atoms. The van der Waals surface area contributed by atoms with Crippen molar-refractivity contribution in [1.29, 1.82) is 0 Å². The van der Waals surface area contributed by atoms with Crippen molar-refractivity contribution in [1.82, 2.24) is 25.1 Å². The van der Waals surface area contributed by atoms with Crippen LogP contribution in [0.5, 0.6) is 5.75 Å². The smallest absolute Gasteiger partial charge is 0.260 e. The van der Waals surface area contributed by atoms with E-state index in [9.17, 15) is 9.90 Å². The number of nitrogens with one attached hydrogen (secondary N) is 1. The minimum Gasteiger partial charge on any atom is -0.491 e. The number of aryl methyl sites for hydroxylation is 1. The first-order valence-electron chi connectivity index (χ1n) is 13.2. The van der Waals surface area contributed by atoms with Crippen molar-refractivity contribution < 1.29 is 14.6 Å². The number of rotatable bonds is 9. The van der Waals surface area contributed by atoms with Crippen LogP contribution in [0.25, 0.3) is 27.4 Å². The Hall–Kier alpha value is -4.59. The van der Waals surface area contributed by atoms with Crippen molar-refractivity contribution in [3.05, 3.63) is 83.1 Å². The minimum absolute atomic E-state index is 0.131. The average molecular weight is 536 g/mol. The van der Waals surface area contributed by atoms with Gasteiger partial charge in [-0.1, -0.05) is 18.2 Å². The summed E-state index contributed by atoms with van der Waals surface area (Å²) in [6, 6.07) is 15.0. The third-order valence-electron chi connectivity index (χ3n) is 7.27. The fourth-order valence-electron chi connectivity index (χ4n) is 5.03. The molecule has 1 atom stereocenters. The van der Waals surface area contributed by atoms with E-state index in [1.165, 1.54) is 0 Å². The number of likely N-dealkylation sites (N-methyl/N-ethyl adjacent to an activating group) is 1. The molecule has 1 saturated carbocycles. The van der Waals surface area contributed by atoms with E-state index < -0.39 is 6.10 Å². The lowest BCUT2D eigenvalue weighted by Crippen LogP contribution is -2.29. The molecule has 2 aromatic carbocycles. The molecule has 2 aromatic heterocycles. The molecule has 40 heavy (non-hydrogen) atoms. The fraction of sp³-hybridized carbons (Fsp3) is 0.300. The Morgan fingerprint density at radius 2 is 2.00 bits per heavy atom. The Balaban J connectivity index is 1.36. The number of aliphatic hydroxyl groups is 1. The average Bonchev–Trinajstić information content (AvgIpc) is 3.66. The maximum Gasteiger partial charge on any atom is 0.260 e. The van der Waals surface area contributed by atoms with Crippen LogP contribution in [0.2, 0.25) is 0 Å². The highest BCUT2D eigenvalue weighted by atomic mass is 16.5. The number of hydrogen-bond donors (Lipinski definition) is 2. The Morgan fingerprint density at radius 1 is 1.15 bits per heavy atom. The summed E-state index contributed by atoms with van der Waals surface area (Å²) >= 11 is 0. The number of pyridine rings is 1.